The number of hydrogen-bond donors (Lipinski definition) is 3. The van der Waals surface area contributed by atoms with Gasteiger partial charge >= 0.3 is 18.3 Å². The van der Waals surface area contributed by atoms with Crippen molar-refractivity contribution >= 4 is 45.9 Å². The Labute approximate surface area is 310 Å². The molecule has 0 fully saturated rings. The molecule has 10 heteroatoms. The quantitative estimate of drug-likeness (QED) is 0.1000. The molecule has 0 saturated heterocycles. The SMILES string of the molecule is CCC(CCNCCCCN(CCC(CC)NC(=O)OC(C)(C)C)C(=O)Oc1ccc2c(ccc3c4c(ccc32)C=CC4)c1)NC(=O)OC(C)(C)C. The number of alkyl carbamates (subject to hydrolysis) is 2. The van der Waals surface area contributed by atoms with Gasteiger partial charge in [-0.15, -0.1) is 0 Å². The molecule has 1 aliphatic carbocycles. The fourth-order valence-corrected chi connectivity index (χ4v) is 6.39. The second kappa shape index (κ2) is 18.4. The topological polar surface area (TPSA) is 118 Å². The zero-order chi connectivity index (χ0) is 37.9. The molecule has 2 atom stereocenters. The highest BCUT2D eigenvalue weighted by molar-refractivity contribution is 6.10. The van der Waals surface area contributed by atoms with Crippen LogP contribution in [-0.2, 0) is 15.9 Å². The van der Waals surface area contributed by atoms with Crippen molar-refractivity contribution in [2.24, 2.45) is 0 Å². The molecule has 3 amide bonds. The lowest BCUT2D eigenvalue weighted by Crippen LogP contribution is -2.42. The first-order valence-corrected chi connectivity index (χ1v) is 19.0. The molecule has 0 saturated carbocycles. The Kier molecular flexibility index (Phi) is 14.4. The molecule has 284 valence electrons. The van der Waals surface area contributed by atoms with Gasteiger partial charge in [0.05, 0.1) is 0 Å². The maximum absolute atomic E-state index is 13.7. The number of fused-ring (bicyclic) bond motifs is 5. The number of nitrogens with one attached hydrogen (secondary N) is 3. The molecule has 3 aromatic rings. The number of carbonyl (C=O) groups is 3. The summed E-state index contributed by atoms with van der Waals surface area (Å²) in [4.78, 5) is 40.1. The van der Waals surface area contributed by atoms with Gasteiger partial charge in [0.25, 0.3) is 0 Å². The highest BCUT2D eigenvalue weighted by Gasteiger charge is 2.22. The van der Waals surface area contributed by atoms with Crippen LogP contribution in [0.15, 0.2) is 48.5 Å². The predicted molar refractivity (Wildman–Crippen MR) is 210 cm³/mol. The van der Waals surface area contributed by atoms with E-state index < -0.39 is 29.5 Å². The maximum Gasteiger partial charge on any atom is 0.415 e. The van der Waals surface area contributed by atoms with Crippen molar-refractivity contribution < 1.29 is 28.6 Å². The summed E-state index contributed by atoms with van der Waals surface area (Å²) in [6.45, 7) is 17.6. The number of benzene rings is 3. The van der Waals surface area contributed by atoms with Crippen LogP contribution < -0.4 is 20.7 Å². The number of nitrogens with zero attached hydrogens (tertiary/aromatic N) is 1. The summed E-state index contributed by atoms with van der Waals surface area (Å²) in [5.41, 5.74) is 1.50. The summed E-state index contributed by atoms with van der Waals surface area (Å²) >= 11 is 0. The van der Waals surface area contributed by atoms with E-state index >= 15 is 0 Å². The highest BCUT2D eigenvalue weighted by Crippen LogP contribution is 2.34. The van der Waals surface area contributed by atoms with Crippen LogP contribution in [-0.4, -0.2) is 72.6 Å². The van der Waals surface area contributed by atoms with E-state index in [0.717, 1.165) is 56.0 Å². The van der Waals surface area contributed by atoms with Crippen molar-refractivity contribution in [3.8, 4) is 5.75 Å². The Morgan fingerprint density at radius 3 is 2.04 bits per heavy atom. The fraction of sp³-hybridized carbons (Fsp3) is 0.548. The lowest BCUT2D eigenvalue weighted by atomic mass is 9.96. The minimum atomic E-state index is -0.596. The van der Waals surface area contributed by atoms with E-state index in [1.54, 1.807) is 4.90 Å². The smallest absolute Gasteiger partial charge is 0.415 e. The Hall–Kier alpha value is -4.31. The van der Waals surface area contributed by atoms with E-state index in [0.29, 0.717) is 31.7 Å². The molecular formula is C42H60N4O6. The van der Waals surface area contributed by atoms with Gasteiger partial charge in [-0.05, 0) is 144 Å². The number of allylic oxidation sites excluding steroid dienone is 1. The van der Waals surface area contributed by atoms with Crippen LogP contribution in [0.2, 0.25) is 0 Å². The van der Waals surface area contributed by atoms with Crippen molar-refractivity contribution in [2.45, 2.75) is 124 Å². The van der Waals surface area contributed by atoms with Gasteiger partial charge in [-0.3, -0.25) is 0 Å². The molecule has 0 aliphatic heterocycles. The Balaban J connectivity index is 1.34. The summed E-state index contributed by atoms with van der Waals surface area (Å²) in [6.07, 6.45) is 8.55. The van der Waals surface area contributed by atoms with Gasteiger partial charge < -0.3 is 35.1 Å². The third kappa shape index (κ3) is 12.4. The van der Waals surface area contributed by atoms with E-state index in [1.807, 2.05) is 73.6 Å². The molecule has 3 aromatic carbocycles. The van der Waals surface area contributed by atoms with Gasteiger partial charge in [0.2, 0.25) is 0 Å². The molecule has 3 N–H and O–H groups in total. The molecule has 0 spiro atoms. The first kappa shape index (κ1) is 40.5. The number of rotatable bonds is 16. The Morgan fingerprint density at radius 2 is 1.38 bits per heavy atom. The molecule has 0 heterocycles. The van der Waals surface area contributed by atoms with E-state index in [4.69, 9.17) is 14.2 Å². The van der Waals surface area contributed by atoms with Gasteiger partial charge in [-0.2, -0.15) is 0 Å². The van der Waals surface area contributed by atoms with Crippen LogP contribution in [0.5, 0.6) is 5.75 Å². The van der Waals surface area contributed by atoms with Gasteiger partial charge in [0, 0.05) is 25.2 Å². The standard InChI is InChI=1S/C42H60N4O6/c1-9-31(44-38(47)51-41(3,4)5)22-25-43-24-11-12-26-46(27-23-32(10-2)45-39(48)52-42(6,7)8)40(49)50-33-18-21-35-30(28-33)17-20-36-34-15-13-14-29(34)16-19-37(35)36/h13-14,16-21,28,31-32,43H,9-12,15,22-27H2,1-8H3,(H,44,47)(H,45,48). The molecule has 4 rings (SSSR count). The molecule has 0 aromatic heterocycles. The molecule has 2 unspecified atom stereocenters. The van der Waals surface area contributed by atoms with Crippen LogP contribution in [0.25, 0.3) is 27.6 Å². The van der Waals surface area contributed by atoms with E-state index in [-0.39, 0.29) is 12.1 Å². The minimum absolute atomic E-state index is 0.0280. The Morgan fingerprint density at radius 1 is 0.750 bits per heavy atom. The van der Waals surface area contributed by atoms with Crippen molar-refractivity contribution in [1.82, 2.24) is 20.9 Å². The molecule has 0 bridgehead atoms. The van der Waals surface area contributed by atoms with Gasteiger partial charge in [0.1, 0.15) is 17.0 Å². The fourth-order valence-electron chi connectivity index (χ4n) is 6.39. The third-order valence-electron chi connectivity index (χ3n) is 9.09. The molecule has 0 radical (unpaired) electrons. The summed E-state index contributed by atoms with van der Waals surface area (Å²) in [7, 11) is 0. The first-order valence-electron chi connectivity index (χ1n) is 19.0. The highest BCUT2D eigenvalue weighted by atomic mass is 16.6. The Bertz CT molecular complexity index is 1710. The third-order valence-corrected chi connectivity index (χ3v) is 9.09. The van der Waals surface area contributed by atoms with Crippen LogP contribution in [0, 0.1) is 0 Å². The molecule has 52 heavy (non-hydrogen) atoms. The summed E-state index contributed by atoms with van der Waals surface area (Å²) in [5, 5.41) is 14.0. The number of hydrogen-bond acceptors (Lipinski definition) is 7. The summed E-state index contributed by atoms with van der Waals surface area (Å²) in [5.74, 6) is 0.496. The van der Waals surface area contributed by atoms with Crippen LogP contribution in [0.3, 0.4) is 0 Å². The van der Waals surface area contributed by atoms with Crippen molar-refractivity contribution in [3.63, 3.8) is 0 Å². The van der Waals surface area contributed by atoms with E-state index in [1.165, 1.54) is 21.9 Å². The number of carbonyl (C=O) groups excluding carboxylic acids is 3. The van der Waals surface area contributed by atoms with Gasteiger partial charge in [0.15, 0.2) is 0 Å². The van der Waals surface area contributed by atoms with Gasteiger partial charge in [-0.1, -0.05) is 56.3 Å². The number of amides is 3. The number of ether oxygens (including phenoxy) is 3. The molecule has 10 nitrogen and oxygen atoms in total. The minimum Gasteiger partial charge on any atom is -0.444 e. The summed E-state index contributed by atoms with van der Waals surface area (Å²) in [6, 6.07) is 14.3. The van der Waals surface area contributed by atoms with Crippen LogP contribution in [0.4, 0.5) is 14.4 Å². The average Bonchev–Trinajstić information content (AvgIpc) is 3.55. The maximum atomic E-state index is 13.7. The zero-order valence-corrected chi connectivity index (χ0v) is 32.5. The number of unbranched alkanes of at least 4 members (excludes halogenated alkanes) is 1. The first-order chi connectivity index (χ1) is 24.7. The monoisotopic (exact) mass is 716 g/mol. The van der Waals surface area contributed by atoms with Crippen LogP contribution >= 0.6 is 0 Å². The normalized spacial score (nSPS) is 13.8. The predicted octanol–water partition coefficient (Wildman–Crippen LogP) is 9.12. The van der Waals surface area contributed by atoms with Gasteiger partial charge in [-0.25, -0.2) is 14.4 Å². The second-order valence-corrected chi connectivity index (χ2v) is 15.7. The van der Waals surface area contributed by atoms with Crippen molar-refractivity contribution in [1.29, 1.82) is 0 Å². The molecular weight excluding hydrogens is 656 g/mol. The largest absolute Gasteiger partial charge is 0.444 e. The zero-order valence-electron chi connectivity index (χ0n) is 32.5. The van der Waals surface area contributed by atoms with E-state index in [2.05, 4.69) is 52.4 Å². The summed E-state index contributed by atoms with van der Waals surface area (Å²) < 4.78 is 16.8. The molecule has 1 aliphatic rings. The lowest BCUT2D eigenvalue weighted by Gasteiger charge is -2.26. The second-order valence-electron chi connectivity index (χ2n) is 15.7. The average molecular weight is 717 g/mol. The van der Waals surface area contributed by atoms with Crippen LogP contribution in [0.1, 0.15) is 105 Å². The van der Waals surface area contributed by atoms with Crippen molar-refractivity contribution in [2.75, 3.05) is 26.2 Å². The van der Waals surface area contributed by atoms with E-state index in [9.17, 15) is 14.4 Å². The lowest BCUT2D eigenvalue weighted by molar-refractivity contribution is 0.0487. The van der Waals surface area contributed by atoms with Crippen molar-refractivity contribution in [3.05, 3.63) is 59.7 Å².